The first-order chi connectivity index (χ1) is 16.3. The van der Waals surface area contributed by atoms with E-state index in [1.54, 1.807) is 30.3 Å². The molecule has 34 heavy (non-hydrogen) atoms. The molecule has 3 atom stereocenters. The minimum Gasteiger partial charge on any atom is -0.363 e. The molecule has 3 aromatic rings. The number of thiophene rings is 1. The molecule has 2 aromatic heterocycles. The predicted octanol–water partition coefficient (Wildman–Crippen LogP) is 5.85. The summed E-state index contributed by atoms with van der Waals surface area (Å²) in [6.45, 7) is 2.15. The molecule has 1 aliphatic carbocycles. The van der Waals surface area contributed by atoms with Gasteiger partial charge < -0.3 is 10.6 Å². The molecule has 0 fully saturated rings. The SMILES string of the molecule is C[C@H]1CCc2c(sc(NC(=O)c3cnn4c3N[C@@H](c3ccccc3)C[C@@H]4C(F)(F)F)c2C#N)C1. The highest BCUT2D eigenvalue weighted by molar-refractivity contribution is 7.16. The molecule has 0 saturated carbocycles. The van der Waals surface area contributed by atoms with Crippen molar-refractivity contribution in [1.29, 1.82) is 5.26 Å². The van der Waals surface area contributed by atoms with Crippen LogP contribution in [0.3, 0.4) is 0 Å². The van der Waals surface area contributed by atoms with E-state index in [-0.39, 0.29) is 17.8 Å². The summed E-state index contributed by atoms with van der Waals surface area (Å²) in [5.41, 5.74) is 2.13. The normalized spacial score (nSPS) is 21.7. The second-order valence-corrected chi connectivity index (χ2v) is 9.98. The van der Waals surface area contributed by atoms with Crippen molar-refractivity contribution in [3.8, 4) is 6.07 Å². The highest BCUT2D eigenvalue weighted by atomic mass is 32.1. The van der Waals surface area contributed by atoms with Gasteiger partial charge in [0.25, 0.3) is 5.91 Å². The van der Waals surface area contributed by atoms with Crippen LogP contribution in [0.15, 0.2) is 36.5 Å². The number of halogens is 3. The third-order valence-electron chi connectivity index (χ3n) is 6.54. The monoisotopic (exact) mass is 485 g/mol. The highest BCUT2D eigenvalue weighted by Gasteiger charge is 2.47. The summed E-state index contributed by atoms with van der Waals surface area (Å²) in [5, 5.41) is 19.9. The molecule has 176 valence electrons. The Morgan fingerprint density at radius 2 is 2.09 bits per heavy atom. The number of hydrogen-bond acceptors (Lipinski definition) is 5. The number of benzene rings is 1. The average molecular weight is 486 g/mol. The number of alkyl halides is 3. The molecule has 0 unspecified atom stereocenters. The summed E-state index contributed by atoms with van der Waals surface area (Å²) < 4.78 is 42.6. The van der Waals surface area contributed by atoms with Gasteiger partial charge in [0.2, 0.25) is 0 Å². The lowest BCUT2D eigenvalue weighted by Crippen LogP contribution is -2.36. The van der Waals surface area contributed by atoms with Crippen LogP contribution in [-0.2, 0) is 12.8 Å². The maximum Gasteiger partial charge on any atom is 0.410 e. The first kappa shape index (κ1) is 22.5. The second kappa shape index (κ2) is 8.47. The lowest BCUT2D eigenvalue weighted by molar-refractivity contribution is -0.173. The van der Waals surface area contributed by atoms with E-state index < -0.39 is 24.2 Å². The largest absolute Gasteiger partial charge is 0.410 e. The molecule has 1 aromatic carbocycles. The summed E-state index contributed by atoms with van der Waals surface area (Å²) in [6.07, 6.45) is -1.000. The van der Waals surface area contributed by atoms with Gasteiger partial charge in [-0.25, -0.2) is 4.68 Å². The van der Waals surface area contributed by atoms with E-state index in [9.17, 15) is 23.2 Å². The van der Waals surface area contributed by atoms with Crippen LogP contribution < -0.4 is 10.6 Å². The van der Waals surface area contributed by atoms with Gasteiger partial charge in [0, 0.05) is 11.3 Å². The molecule has 6 nitrogen and oxygen atoms in total. The van der Waals surface area contributed by atoms with Gasteiger partial charge in [0.05, 0.1) is 17.8 Å². The number of hydrogen-bond donors (Lipinski definition) is 2. The van der Waals surface area contributed by atoms with E-state index in [0.717, 1.165) is 40.6 Å². The fourth-order valence-electron chi connectivity index (χ4n) is 4.76. The third-order valence-corrected chi connectivity index (χ3v) is 7.71. The number of nitriles is 1. The van der Waals surface area contributed by atoms with Crippen molar-refractivity contribution in [2.75, 3.05) is 10.6 Å². The van der Waals surface area contributed by atoms with E-state index in [1.165, 1.54) is 11.3 Å². The van der Waals surface area contributed by atoms with Crippen LogP contribution in [0.4, 0.5) is 24.0 Å². The Labute approximate surface area is 198 Å². The molecule has 0 radical (unpaired) electrons. The van der Waals surface area contributed by atoms with E-state index in [2.05, 4.69) is 28.7 Å². The number of carbonyl (C=O) groups is 1. The molecule has 5 rings (SSSR count). The number of fused-ring (bicyclic) bond motifs is 2. The quantitative estimate of drug-likeness (QED) is 0.487. The lowest BCUT2D eigenvalue weighted by atomic mass is 9.88. The standard InChI is InChI=1S/C24H22F3N5OS/c1-13-7-8-15-16(11-28)23(34-19(15)9-13)31-22(33)17-12-29-32-20(24(25,26)27)10-18(30-21(17)32)14-5-3-2-4-6-14/h2-6,12-13,18,20,30H,7-10H2,1H3,(H,31,33)/t13-,18+,20+/m0/s1. The van der Waals surface area contributed by atoms with Gasteiger partial charge >= 0.3 is 6.18 Å². The lowest BCUT2D eigenvalue weighted by Gasteiger charge is -2.34. The molecule has 2 aliphatic rings. The zero-order valence-electron chi connectivity index (χ0n) is 18.3. The molecule has 0 bridgehead atoms. The molecule has 3 heterocycles. The minimum atomic E-state index is -4.53. The van der Waals surface area contributed by atoms with Gasteiger partial charge in [-0.2, -0.15) is 23.5 Å². The molecular formula is C24H22F3N5OS. The smallest absolute Gasteiger partial charge is 0.363 e. The van der Waals surface area contributed by atoms with Crippen LogP contribution in [0.25, 0.3) is 0 Å². The zero-order valence-corrected chi connectivity index (χ0v) is 19.1. The number of nitrogens with zero attached hydrogens (tertiary/aromatic N) is 3. The van der Waals surface area contributed by atoms with Crippen LogP contribution in [-0.4, -0.2) is 21.9 Å². The number of anilines is 2. The van der Waals surface area contributed by atoms with Crippen LogP contribution in [0.2, 0.25) is 0 Å². The summed E-state index contributed by atoms with van der Waals surface area (Å²) >= 11 is 1.37. The van der Waals surface area contributed by atoms with E-state index in [1.807, 2.05) is 0 Å². The van der Waals surface area contributed by atoms with Crippen LogP contribution in [0.1, 0.15) is 63.8 Å². The highest BCUT2D eigenvalue weighted by Crippen LogP contribution is 2.45. The molecule has 0 spiro atoms. The maximum absolute atomic E-state index is 13.9. The van der Waals surface area contributed by atoms with Gasteiger partial charge in [0.15, 0.2) is 6.04 Å². The molecule has 1 amide bonds. The molecule has 2 N–H and O–H groups in total. The van der Waals surface area contributed by atoms with Crippen molar-refractivity contribution in [2.45, 2.75) is 50.9 Å². The number of aromatic nitrogens is 2. The fourth-order valence-corrected chi connectivity index (χ4v) is 6.12. The zero-order chi connectivity index (χ0) is 24.0. The van der Waals surface area contributed by atoms with Crippen LogP contribution >= 0.6 is 11.3 Å². The van der Waals surface area contributed by atoms with Crippen molar-refractivity contribution in [3.63, 3.8) is 0 Å². The Kier molecular flexibility index (Phi) is 5.60. The first-order valence-corrected chi connectivity index (χ1v) is 11.9. The van der Waals surface area contributed by atoms with Gasteiger partial charge in [-0.15, -0.1) is 11.3 Å². The second-order valence-electron chi connectivity index (χ2n) is 8.87. The fraction of sp³-hybridized carbons (Fsp3) is 0.375. The topological polar surface area (TPSA) is 82.7 Å². The molecule has 0 saturated heterocycles. The Balaban J connectivity index is 1.48. The number of rotatable bonds is 3. The Morgan fingerprint density at radius 1 is 1.32 bits per heavy atom. The van der Waals surface area contributed by atoms with Crippen LogP contribution in [0, 0.1) is 17.2 Å². The summed E-state index contributed by atoms with van der Waals surface area (Å²) in [6, 6.07) is 8.55. The summed E-state index contributed by atoms with van der Waals surface area (Å²) in [7, 11) is 0. The third kappa shape index (κ3) is 3.94. The van der Waals surface area contributed by atoms with Crippen molar-refractivity contribution in [2.24, 2.45) is 5.92 Å². The van der Waals surface area contributed by atoms with E-state index in [4.69, 9.17) is 0 Å². The molecule has 10 heteroatoms. The van der Waals surface area contributed by atoms with E-state index in [0.29, 0.717) is 22.0 Å². The first-order valence-electron chi connectivity index (χ1n) is 11.1. The Bertz CT molecular complexity index is 1270. The summed E-state index contributed by atoms with van der Waals surface area (Å²) in [4.78, 5) is 14.3. The minimum absolute atomic E-state index is 0.0125. The van der Waals surface area contributed by atoms with Crippen LogP contribution in [0.5, 0.6) is 0 Å². The average Bonchev–Trinajstić information content (AvgIpc) is 3.38. The predicted molar refractivity (Wildman–Crippen MR) is 123 cm³/mol. The Morgan fingerprint density at radius 3 is 2.79 bits per heavy atom. The van der Waals surface area contributed by atoms with E-state index >= 15 is 0 Å². The van der Waals surface area contributed by atoms with Gasteiger partial charge in [-0.1, -0.05) is 37.3 Å². The summed E-state index contributed by atoms with van der Waals surface area (Å²) in [5.74, 6) is -0.0673. The number of carbonyl (C=O) groups excluding carboxylic acids is 1. The molecular weight excluding hydrogens is 463 g/mol. The van der Waals surface area contributed by atoms with Gasteiger partial charge in [0.1, 0.15) is 22.5 Å². The van der Waals surface area contributed by atoms with Crippen molar-refractivity contribution < 1.29 is 18.0 Å². The Hall–Kier alpha value is -3.32. The maximum atomic E-state index is 13.9. The van der Waals surface area contributed by atoms with Crippen molar-refractivity contribution in [1.82, 2.24) is 9.78 Å². The van der Waals surface area contributed by atoms with Gasteiger partial charge in [-0.3, -0.25) is 4.79 Å². The molecule has 1 aliphatic heterocycles. The van der Waals surface area contributed by atoms with Gasteiger partial charge in [-0.05, 0) is 36.3 Å². The van der Waals surface area contributed by atoms with Crippen molar-refractivity contribution >= 4 is 28.1 Å². The van der Waals surface area contributed by atoms with Crippen molar-refractivity contribution in [3.05, 3.63) is 63.7 Å². The number of amides is 1. The number of nitrogens with one attached hydrogen (secondary N) is 2.